The van der Waals surface area contributed by atoms with Gasteiger partial charge in [-0.25, -0.2) is 0 Å². The van der Waals surface area contributed by atoms with Crippen LogP contribution in [0, 0.1) is 4.77 Å². The maximum Gasteiger partial charge on any atom is 0.311 e. The predicted molar refractivity (Wildman–Crippen MR) is 70.9 cm³/mol. The fraction of sp³-hybridized carbons (Fsp3) is 0.364. The number of aromatic amines is 2. The van der Waals surface area contributed by atoms with Gasteiger partial charge in [-0.3, -0.25) is 14.6 Å². The zero-order valence-electron chi connectivity index (χ0n) is 9.28. The molecule has 3 rings (SSSR count). The Hall–Kier alpha value is -1.47. The molecule has 18 heavy (non-hydrogen) atoms. The minimum atomic E-state index is -0.863. The Morgan fingerprint density at radius 1 is 1.44 bits per heavy atom. The minimum Gasteiger partial charge on any atom is -0.481 e. The van der Waals surface area contributed by atoms with E-state index in [1.807, 2.05) is 0 Å². The average molecular weight is 282 g/mol. The molecule has 0 spiro atoms. The summed E-state index contributed by atoms with van der Waals surface area (Å²) in [5.74, 6) is -1.44. The summed E-state index contributed by atoms with van der Waals surface area (Å²) in [5, 5.41) is 9.74. The number of hydrogen-bond acceptors (Lipinski definition) is 4. The van der Waals surface area contributed by atoms with Crippen molar-refractivity contribution >= 4 is 39.7 Å². The molecule has 5 nitrogen and oxygen atoms in total. The first-order valence-corrected chi connectivity index (χ1v) is 6.81. The Morgan fingerprint density at radius 3 is 2.94 bits per heavy atom. The molecule has 0 saturated carbocycles. The number of hydrogen-bond donors (Lipinski definition) is 3. The Labute approximate surface area is 110 Å². The quantitative estimate of drug-likeness (QED) is 0.700. The Bertz CT molecular complexity index is 756. The number of carboxylic acid groups (broad SMARTS) is 1. The van der Waals surface area contributed by atoms with Crippen LogP contribution in [0.2, 0.25) is 0 Å². The summed E-state index contributed by atoms with van der Waals surface area (Å²) < 4.78 is 0.276. The number of carbonyl (C=O) groups is 1. The van der Waals surface area contributed by atoms with Crippen LogP contribution < -0.4 is 5.56 Å². The molecule has 0 aromatic carbocycles. The Balaban J connectivity index is 2.41. The van der Waals surface area contributed by atoms with E-state index < -0.39 is 11.9 Å². The number of thiophene rings is 1. The van der Waals surface area contributed by atoms with E-state index in [1.54, 1.807) is 0 Å². The van der Waals surface area contributed by atoms with Crippen LogP contribution in [0.4, 0.5) is 0 Å². The number of carboxylic acids is 1. The summed E-state index contributed by atoms with van der Waals surface area (Å²) in [4.78, 5) is 30.4. The molecule has 3 N–H and O–H groups in total. The van der Waals surface area contributed by atoms with Crippen molar-refractivity contribution in [1.29, 1.82) is 0 Å². The van der Waals surface area contributed by atoms with Gasteiger partial charge >= 0.3 is 5.97 Å². The topological polar surface area (TPSA) is 85.9 Å². The van der Waals surface area contributed by atoms with Gasteiger partial charge in [0.2, 0.25) is 0 Å². The maximum absolute atomic E-state index is 12.0. The molecule has 0 aliphatic heterocycles. The number of aliphatic carboxylic acids is 1. The smallest absolute Gasteiger partial charge is 0.311 e. The number of aryl methyl sites for hydroxylation is 1. The lowest BCUT2D eigenvalue weighted by molar-refractivity contribution is -0.139. The first kappa shape index (κ1) is 11.6. The highest BCUT2D eigenvalue weighted by molar-refractivity contribution is 7.71. The number of rotatable bonds is 1. The zero-order chi connectivity index (χ0) is 12.9. The van der Waals surface area contributed by atoms with Crippen molar-refractivity contribution in [3.63, 3.8) is 0 Å². The number of fused-ring (bicyclic) bond motifs is 3. The fourth-order valence-electron chi connectivity index (χ4n) is 2.52. The predicted octanol–water partition coefficient (Wildman–Crippen LogP) is 2.15. The van der Waals surface area contributed by atoms with Gasteiger partial charge in [0.05, 0.1) is 11.3 Å². The zero-order valence-corrected chi connectivity index (χ0v) is 10.9. The molecular weight excluding hydrogens is 272 g/mol. The van der Waals surface area contributed by atoms with Gasteiger partial charge in [-0.1, -0.05) is 0 Å². The average Bonchev–Trinajstić information content (AvgIpc) is 2.65. The molecule has 2 aromatic rings. The SMILES string of the molecule is O=C(O)C1CCCc2sc3[nH]c(=S)[nH]c(=O)c3c21. The van der Waals surface area contributed by atoms with Crippen LogP contribution >= 0.6 is 23.6 Å². The van der Waals surface area contributed by atoms with E-state index in [2.05, 4.69) is 9.97 Å². The van der Waals surface area contributed by atoms with E-state index in [-0.39, 0.29) is 10.3 Å². The monoisotopic (exact) mass is 282 g/mol. The van der Waals surface area contributed by atoms with Crippen molar-refractivity contribution < 1.29 is 9.90 Å². The van der Waals surface area contributed by atoms with E-state index in [9.17, 15) is 14.7 Å². The molecule has 1 atom stereocenters. The third-order valence-electron chi connectivity index (χ3n) is 3.25. The van der Waals surface area contributed by atoms with E-state index in [1.165, 1.54) is 11.3 Å². The summed E-state index contributed by atoms with van der Waals surface area (Å²) in [6, 6.07) is 0. The molecular formula is C11H10N2O3S2. The highest BCUT2D eigenvalue weighted by Gasteiger charge is 2.31. The van der Waals surface area contributed by atoms with Gasteiger partial charge in [0.25, 0.3) is 5.56 Å². The van der Waals surface area contributed by atoms with Gasteiger partial charge in [-0.2, -0.15) is 0 Å². The van der Waals surface area contributed by atoms with Crippen LogP contribution in [0.15, 0.2) is 4.79 Å². The normalized spacial score (nSPS) is 18.8. The lowest BCUT2D eigenvalue weighted by Crippen LogP contribution is -2.19. The summed E-state index contributed by atoms with van der Waals surface area (Å²) in [5.41, 5.74) is 0.389. The largest absolute Gasteiger partial charge is 0.481 e. The van der Waals surface area contributed by atoms with Crippen molar-refractivity contribution in [1.82, 2.24) is 9.97 Å². The molecule has 0 radical (unpaired) electrons. The maximum atomic E-state index is 12.0. The van der Waals surface area contributed by atoms with E-state index in [4.69, 9.17) is 12.2 Å². The molecule has 0 saturated heterocycles. The van der Waals surface area contributed by atoms with Crippen molar-refractivity contribution in [2.75, 3.05) is 0 Å². The third-order valence-corrected chi connectivity index (χ3v) is 4.63. The van der Waals surface area contributed by atoms with Crippen LogP contribution in [-0.4, -0.2) is 21.0 Å². The van der Waals surface area contributed by atoms with Gasteiger partial charge in [0.1, 0.15) is 4.83 Å². The van der Waals surface area contributed by atoms with Crippen LogP contribution in [-0.2, 0) is 11.2 Å². The lowest BCUT2D eigenvalue weighted by atomic mass is 9.86. The van der Waals surface area contributed by atoms with Gasteiger partial charge in [0, 0.05) is 4.88 Å². The fourth-order valence-corrected chi connectivity index (χ4v) is 4.08. The van der Waals surface area contributed by atoms with Crippen LogP contribution in [0.1, 0.15) is 29.2 Å². The first-order valence-electron chi connectivity index (χ1n) is 5.58. The molecule has 0 bridgehead atoms. The van der Waals surface area contributed by atoms with Crippen LogP contribution in [0.3, 0.4) is 0 Å². The molecule has 1 aliphatic carbocycles. The molecule has 1 aliphatic rings. The highest BCUT2D eigenvalue weighted by atomic mass is 32.1. The number of H-pyrrole nitrogens is 2. The molecule has 0 amide bonds. The third kappa shape index (κ3) is 1.62. The van der Waals surface area contributed by atoms with Gasteiger partial charge in [0.15, 0.2) is 4.77 Å². The van der Waals surface area contributed by atoms with Crippen LogP contribution in [0.5, 0.6) is 0 Å². The van der Waals surface area contributed by atoms with Crippen molar-refractivity contribution in [3.05, 3.63) is 25.6 Å². The minimum absolute atomic E-state index is 0.276. The summed E-state index contributed by atoms with van der Waals surface area (Å²) >= 11 is 6.37. The van der Waals surface area contributed by atoms with Gasteiger partial charge in [-0.15, -0.1) is 11.3 Å². The summed E-state index contributed by atoms with van der Waals surface area (Å²) in [6.07, 6.45) is 2.26. The van der Waals surface area contributed by atoms with E-state index in [0.29, 0.717) is 22.2 Å². The Morgan fingerprint density at radius 2 is 2.22 bits per heavy atom. The second kappa shape index (κ2) is 4.03. The standard InChI is InChI=1S/C11H10N2O3S2/c14-8-7-6-4(10(15)16)2-1-3-5(6)18-9(7)13-11(17)12-8/h4H,1-3H2,(H,15,16)(H2,12,13,14,17). The lowest BCUT2D eigenvalue weighted by Gasteiger charge is -2.18. The van der Waals surface area contributed by atoms with E-state index >= 15 is 0 Å². The van der Waals surface area contributed by atoms with Crippen molar-refractivity contribution in [2.45, 2.75) is 25.2 Å². The molecule has 7 heteroatoms. The molecule has 2 aromatic heterocycles. The second-order valence-electron chi connectivity index (χ2n) is 4.33. The second-order valence-corrected chi connectivity index (χ2v) is 5.85. The summed E-state index contributed by atoms with van der Waals surface area (Å²) in [6.45, 7) is 0. The van der Waals surface area contributed by atoms with Crippen molar-refractivity contribution in [2.24, 2.45) is 0 Å². The highest BCUT2D eigenvalue weighted by Crippen LogP contribution is 2.40. The van der Waals surface area contributed by atoms with E-state index in [0.717, 1.165) is 17.7 Å². The number of nitrogens with one attached hydrogen (secondary N) is 2. The molecule has 1 unspecified atom stereocenters. The van der Waals surface area contributed by atoms with Gasteiger partial charge in [-0.05, 0) is 37.0 Å². The van der Waals surface area contributed by atoms with Crippen LogP contribution in [0.25, 0.3) is 10.2 Å². The molecule has 94 valence electrons. The first-order chi connectivity index (χ1) is 8.58. The van der Waals surface area contributed by atoms with Crippen molar-refractivity contribution in [3.8, 4) is 0 Å². The number of aromatic nitrogens is 2. The molecule has 2 heterocycles. The van der Waals surface area contributed by atoms with Gasteiger partial charge < -0.3 is 10.1 Å². The Kier molecular flexibility index (Phi) is 2.60. The summed E-state index contributed by atoms with van der Waals surface area (Å²) in [7, 11) is 0. The molecule has 0 fully saturated rings.